The topological polar surface area (TPSA) is 63.5 Å². The lowest BCUT2D eigenvalue weighted by atomic mass is 10.1. The quantitative estimate of drug-likeness (QED) is 0.515. The molecule has 4 aromatic rings. The summed E-state index contributed by atoms with van der Waals surface area (Å²) in [5.74, 6) is -0.676. The molecule has 28 heavy (non-hydrogen) atoms. The van der Waals surface area contributed by atoms with Crippen LogP contribution in [0.1, 0.15) is 5.56 Å². The maximum atomic E-state index is 13.3. The Morgan fingerprint density at radius 1 is 1.11 bits per heavy atom. The molecule has 0 atom stereocenters. The van der Waals surface area contributed by atoms with E-state index >= 15 is 0 Å². The summed E-state index contributed by atoms with van der Waals surface area (Å²) >= 11 is 5.70. The van der Waals surface area contributed by atoms with Crippen LogP contribution in [-0.2, 0) is 10.0 Å². The summed E-state index contributed by atoms with van der Waals surface area (Å²) in [6, 6.07) is 14.1. The molecule has 1 N–H and O–H groups in total. The van der Waals surface area contributed by atoms with Crippen LogP contribution in [0.5, 0.6) is 0 Å². The summed E-state index contributed by atoms with van der Waals surface area (Å²) < 4.78 is 42.9. The van der Waals surface area contributed by atoms with Crippen molar-refractivity contribution >= 4 is 33.0 Å². The van der Waals surface area contributed by atoms with Gasteiger partial charge in [-0.1, -0.05) is 29.8 Å². The molecule has 0 fully saturated rings. The van der Waals surface area contributed by atoms with Crippen molar-refractivity contribution in [2.75, 3.05) is 4.72 Å². The zero-order chi connectivity index (χ0) is 19.9. The molecule has 2 aromatic carbocycles. The maximum absolute atomic E-state index is 13.3. The second-order valence-corrected chi connectivity index (χ2v) is 8.40. The first-order chi connectivity index (χ1) is 13.3. The average molecular weight is 416 g/mol. The van der Waals surface area contributed by atoms with Gasteiger partial charge in [-0.2, -0.15) is 0 Å². The van der Waals surface area contributed by atoms with Gasteiger partial charge in [0.1, 0.15) is 11.5 Å². The van der Waals surface area contributed by atoms with E-state index in [0.29, 0.717) is 5.69 Å². The van der Waals surface area contributed by atoms with Crippen molar-refractivity contribution in [3.63, 3.8) is 0 Å². The Morgan fingerprint density at radius 2 is 1.93 bits per heavy atom. The molecule has 8 heteroatoms. The number of pyridine rings is 1. The molecule has 0 amide bonds. The van der Waals surface area contributed by atoms with Crippen LogP contribution in [0.25, 0.3) is 16.9 Å². The third-order valence-corrected chi connectivity index (χ3v) is 5.96. The Bertz CT molecular complexity index is 1300. The molecule has 0 aliphatic carbocycles. The molecule has 2 aromatic heterocycles. The van der Waals surface area contributed by atoms with Crippen molar-refractivity contribution in [2.45, 2.75) is 11.8 Å². The number of nitrogens with one attached hydrogen (secondary N) is 1. The zero-order valence-corrected chi connectivity index (χ0v) is 16.3. The van der Waals surface area contributed by atoms with Crippen molar-refractivity contribution in [3.8, 4) is 11.3 Å². The maximum Gasteiger partial charge on any atom is 0.261 e. The van der Waals surface area contributed by atoms with E-state index in [1.54, 1.807) is 18.2 Å². The normalized spacial score (nSPS) is 11.7. The van der Waals surface area contributed by atoms with Crippen molar-refractivity contribution < 1.29 is 12.8 Å². The highest BCUT2D eigenvalue weighted by Gasteiger charge is 2.17. The molecule has 0 saturated heterocycles. The smallest absolute Gasteiger partial charge is 0.261 e. The van der Waals surface area contributed by atoms with Crippen LogP contribution >= 0.6 is 11.6 Å². The lowest BCUT2D eigenvalue weighted by Crippen LogP contribution is -2.13. The molecule has 5 nitrogen and oxygen atoms in total. The molecule has 0 aliphatic rings. The summed E-state index contributed by atoms with van der Waals surface area (Å²) in [7, 11) is -3.91. The van der Waals surface area contributed by atoms with Crippen LogP contribution in [0.3, 0.4) is 0 Å². The molecule has 0 aliphatic heterocycles. The van der Waals surface area contributed by atoms with Gasteiger partial charge in [0.15, 0.2) is 0 Å². The first-order valence-corrected chi connectivity index (χ1v) is 10.2. The predicted molar refractivity (Wildman–Crippen MR) is 108 cm³/mol. The lowest BCUT2D eigenvalue weighted by molar-refractivity contribution is 0.599. The van der Waals surface area contributed by atoms with Gasteiger partial charge in [0.25, 0.3) is 10.0 Å². The van der Waals surface area contributed by atoms with E-state index in [0.717, 1.165) is 40.7 Å². The van der Waals surface area contributed by atoms with Gasteiger partial charge in [0.2, 0.25) is 0 Å². The largest absolute Gasteiger partial charge is 0.306 e. The number of imidazole rings is 1. The summed E-state index contributed by atoms with van der Waals surface area (Å²) in [4.78, 5) is 4.51. The summed E-state index contributed by atoms with van der Waals surface area (Å²) in [5.41, 5.74) is 3.73. The van der Waals surface area contributed by atoms with Gasteiger partial charge in [-0.25, -0.2) is 17.8 Å². The van der Waals surface area contributed by atoms with Gasteiger partial charge in [-0.3, -0.25) is 4.72 Å². The molecule has 0 spiro atoms. The van der Waals surface area contributed by atoms with Crippen LogP contribution < -0.4 is 4.72 Å². The summed E-state index contributed by atoms with van der Waals surface area (Å²) in [6.07, 6.45) is 3.79. The highest BCUT2D eigenvalue weighted by molar-refractivity contribution is 7.92. The number of nitrogens with zero attached hydrogens (tertiary/aromatic N) is 2. The first-order valence-electron chi connectivity index (χ1n) is 8.36. The van der Waals surface area contributed by atoms with E-state index in [9.17, 15) is 12.8 Å². The molecular weight excluding hydrogens is 401 g/mol. The second-order valence-electron chi connectivity index (χ2n) is 6.31. The van der Waals surface area contributed by atoms with Crippen LogP contribution in [-0.4, -0.2) is 17.8 Å². The van der Waals surface area contributed by atoms with Crippen LogP contribution in [0.15, 0.2) is 71.9 Å². The fourth-order valence-corrected chi connectivity index (χ4v) is 4.21. The van der Waals surface area contributed by atoms with Gasteiger partial charge in [0, 0.05) is 23.6 Å². The Labute approximate surface area is 166 Å². The number of benzene rings is 2. The standard InChI is InChI=1S/C20H15ClFN3O2S/c1-13-4-3-9-25-12-19(23-20(13)25)14-5-2-6-15(10-14)24-28(26,27)16-7-8-18(22)17(21)11-16/h2-12,24H,1H3. The molecule has 0 saturated carbocycles. The Balaban J connectivity index is 1.68. The number of aryl methyl sites for hydroxylation is 1. The minimum atomic E-state index is -3.91. The summed E-state index contributed by atoms with van der Waals surface area (Å²) in [6.45, 7) is 1.98. The van der Waals surface area contributed by atoms with Crippen molar-refractivity contribution in [3.05, 3.63) is 83.4 Å². The highest BCUT2D eigenvalue weighted by Crippen LogP contribution is 2.26. The van der Waals surface area contributed by atoms with E-state index in [-0.39, 0.29) is 9.92 Å². The molecule has 0 bridgehead atoms. The van der Waals surface area contributed by atoms with Crippen molar-refractivity contribution in [1.82, 2.24) is 9.38 Å². The Kier molecular flexibility index (Phi) is 4.56. The number of hydrogen-bond donors (Lipinski definition) is 1. The van der Waals surface area contributed by atoms with E-state index in [1.165, 1.54) is 0 Å². The number of rotatable bonds is 4. The molecule has 4 rings (SSSR count). The monoisotopic (exact) mass is 415 g/mol. The van der Waals surface area contributed by atoms with E-state index in [2.05, 4.69) is 9.71 Å². The van der Waals surface area contributed by atoms with E-state index < -0.39 is 15.8 Å². The molecule has 2 heterocycles. The SMILES string of the molecule is Cc1cccn2cc(-c3cccc(NS(=O)(=O)c4ccc(F)c(Cl)c4)c3)nc12. The molecule has 142 valence electrons. The molecular formula is C20H15ClFN3O2S. The molecule has 0 unspecified atom stereocenters. The summed E-state index contributed by atoms with van der Waals surface area (Å²) in [5, 5.41) is -0.253. The van der Waals surface area contributed by atoms with Gasteiger partial charge in [-0.05, 0) is 48.9 Å². The van der Waals surface area contributed by atoms with E-state index in [4.69, 9.17) is 11.6 Å². The van der Waals surface area contributed by atoms with Gasteiger partial charge in [0.05, 0.1) is 15.6 Å². The van der Waals surface area contributed by atoms with Crippen LogP contribution in [0.2, 0.25) is 5.02 Å². The van der Waals surface area contributed by atoms with E-state index in [1.807, 2.05) is 41.9 Å². The number of aromatic nitrogens is 2. The van der Waals surface area contributed by atoms with Gasteiger partial charge in [-0.15, -0.1) is 0 Å². The minimum Gasteiger partial charge on any atom is -0.306 e. The third kappa shape index (κ3) is 3.46. The minimum absolute atomic E-state index is 0.118. The Hall–Kier alpha value is -2.90. The van der Waals surface area contributed by atoms with Gasteiger partial charge < -0.3 is 4.40 Å². The fraction of sp³-hybridized carbons (Fsp3) is 0.0500. The number of sulfonamides is 1. The second kappa shape index (κ2) is 6.92. The number of fused-ring (bicyclic) bond motifs is 1. The van der Waals surface area contributed by atoms with Gasteiger partial charge >= 0.3 is 0 Å². The predicted octanol–water partition coefficient (Wildman–Crippen LogP) is 4.90. The number of halogens is 2. The van der Waals surface area contributed by atoms with Crippen molar-refractivity contribution in [1.29, 1.82) is 0 Å². The van der Waals surface area contributed by atoms with Crippen molar-refractivity contribution in [2.24, 2.45) is 0 Å². The zero-order valence-electron chi connectivity index (χ0n) is 14.7. The average Bonchev–Trinajstić information content (AvgIpc) is 3.09. The fourth-order valence-electron chi connectivity index (χ4n) is 2.89. The highest BCUT2D eigenvalue weighted by atomic mass is 35.5. The lowest BCUT2D eigenvalue weighted by Gasteiger charge is -2.09. The first kappa shape index (κ1) is 18.5. The Morgan fingerprint density at radius 3 is 2.68 bits per heavy atom. The van der Waals surface area contributed by atoms with Crippen LogP contribution in [0, 0.1) is 12.7 Å². The number of anilines is 1. The number of hydrogen-bond acceptors (Lipinski definition) is 3. The third-order valence-electron chi connectivity index (χ3n) is 4.29. The molecule has 0 radical (unpaired) electrons. The van der Waals surface area contributed by atoms with Crippen LogP contribution in [0.4, 0.5) is 10.1 Å².